The maximum Gasteiger partial charge on any atom is 0.269 e. The fourth-order valence-electron chi connectivity index (χ4n) is 1.95. The first-order chi connectivity index (χ1) is 9.15. The lowest BCUT2D eigenvalue weighted by Crippen LogP contribution is -2.42. The topological polar surface area (TPSA) is 58.2 Å². The summed E-state index contributed by atoms with van der Waals surface area (Å²) in [5.74, 6) is -0.252. The predicted molar refractivity (Wildman–Crippen MR) is 73.5 cm³/mol. The number of carbonyl (C=O) groups excluding carboxylic acids is 2. The van der Waals surface area contributed by atoms with Gasteiger partial charge in [-0.05, 0) is 43.0 Å². The molecule has 1 aromatic rings. The van der Waals surface area contributed by atoms with Gasteiger partial charge in [0.2, 0.25) is 5.91 Å². The second kappa shape index (κ2) is 6.38. The summed E-state index contributed by atoms with van der Waals surface area (Å²) in [6, 6.07) is 6.45. The number of hydrazine groups is 1. The Bertz CT molecular complexity index is 497. The standard InChI is InChI=1S/C14H15ClN2O2/c15-12-7-5-11(6-8-12)14(19)17-16-13(18)9-10-3-1-2-4-10/h1,3,5-8,10H,2,4,9H2,(H,16,18)(H,17,19). The second-order valence-electron chi connectivity index (χ2n) is 4.48. The van der Waals surface area contributed by atoms with Crippen LogP contribution in [0.2, 0.25) is 5.02 Å². The van der Waals surface area contributed by atoms with Crippen molar-refractivity contribution in [1.82, 2.24) is 10.9 Å². The van der Waals surface area contributed by atoms with Crippen molar-refractivity contribution in [3.05, 3.63) is 47.0 Å². The lowest BCUT2D eigenvalue weighted by atomic mass is 10.1. The smallest absolute Gasteiger partial charge is 0.269 e. The minimum absolute atomic E-state index is 0.182. The van der Waals surface area contributed by atoms with Gasteiger partial charge in [-0.25, -0.2) is 0 Å². The summed E-state index contributed by atoms with van der Waals surface area (Å²) < 4.78 is 0. The van der Waals surface area contributed by atoms with E-state index in [9.17, 15) is 9.59 Å². The van der Waals surface area contributed by atoms with E-state index in [1.165, 1.54) is 0 Å². The van der Waals surface area contributed by atoms with Crippen molar-refractivity contribution in [3.63, 3.8) is 0 Å². The number of halogens is 1. The van der Waals surface area contributed by atoms with Crippen LogP contribution < -0.4 is 10.9 Å². The van der Waals surface area contributed by atoms with Crippen LogP contribution in [0, 0.1) is 5.92 Å². The Morgan fingerprint density at radius 1 is 1.21 bits per heavy atom. The molecule has 0 saturated heterocycles. The Labute approximate surface area is 116 Å². The Morgan fingerprint density at radius 3 is 2.58 bits per heavy atom. The third kappa shape index (κ3) is 4.10. The fourth-order valence-corrected chi connectivity index (χ4v) is 2.08. The highest BCUT2D eigenvalue weighted by Gasteiger charge is 2.14. The molecule has 0 heterocycles. The summed E-state index contributed by atoms with van der Waals surface area (Å²) in [6.45, 7) is 0. The molecule has 0 fully saturated rings. The van der Waals surface area contributed by atoms with Gasteiger partial charge in [0.15, 0.2) is 0 Å². The average molecular weight is 279 g/mol. The number of nitrogens with one attached hydrogen (secondary N) is 2. The summed E-state index contributed by atoms with van der Waals surface area (Å²) >= 11 is 5.73. The van der Waals surface area contributed by atoms with Crippen molar-refractivity contribution in [2.45, 2.75) is 19.3 Å². The molecule has 2 amide bonds. The lowest BCUT2D eigenvalue weighted by Gasteiger charge is -2.10. The van der Waals surface area contributed by atoms with Gasteiger partial charge in [-0.3, -0.25) is 20.4 Å². The molecule has 0 saturated carbocycles. The van der Waals surface area contributed by atoms with Crippen LogP contribution >= 0.6 is 11.6 Å². The molecule has 4 nitrogen and oxygen atoms in total. The molecule has 2 rings (SSSR count). The zero-order chi connectivity index (χ0) is 13.7. The molecule has 1 aliphatic rings. The first-order valence-electron chi connectivity index (χ1n) is 6.16. The molecule has 0 bridgehead atoms. The molecule has 100 valence electrons. The summed E-state index contributed by atoms with van der Waals surface area (Å²) in [5.41, 5.74) is 5.25. The highest BCUT2D eigenvalue weighted by Crippen LogP contribution is 2.19. The summed E-state index contributed by atoms with van der Waals surface area (Å²) in [6.07, 6.45) is 6.54. The number of rotatable bonds is 3. The summed E-state index contributed by atoms with van der Waals surface area (Å²) in [4.78, 5) is 23.3. The number of benzene rings is 1. The van der Waals surface area contributed by atoms with E-state index in [1.54, 1.807) is 24.3 Å². The molecule has 1 unspecified atom stereocenters. The van der Waals surface area contributed by atoms with Gasteiger partial charge >= 0.3 is 0 Å². The number of amides is 2. The second-order valence-corrected chi connectivity index (χ2v) is 4.92. The molecule has 0 radical (unpaired) electrons. The van der Waals surface area contributed by atoms with Gasteiger partial charge in [-0.1, -0.05) is 23.8 Å². The molecule has 1 aliphatic carbocycles. The van der Waals surface area contributed by atoms with Crippen molar-refractivity contribution < 1.29 is 9.59 Å². The van der Waals surface area contributed by atoms with Crippen LogP contribution in [0.15, 0.2) is 36.4 Å². The van der Waals surface area contributed by atoms with Gasteiger partial charge < -0.3 is 0 Å². The third-order valence-electron chi connectivity index (χ3n) is 2.98. The highest BCUT2D eigenvalue weighted by molar-refractivity contribution is 6.30. The zero-order valence-electron chi connectivity index (χ0n) is 10.4. The van der Waals surface area contributed by atoms with Crippen LogP contribution in [0.1, 0.15) is 29.6 Å². The Hall–Kier alpha value is -1.81. The molecular formula is C14H15ClN2O2. The van der Waals surface area contributed by atoms with E-state index in [2.05, 4.69) is 16.9 Å². The monoisotopic (exact) mass is 278 g/mol. The zero-order valence-corrected chi connectivity index (χ0v) is 11.1. The Kier molecular flexibility index (Phi) is 4.58. The average Bonchev–Trinajstić information content (AvgIpc) is 2.89. The van der Waals surface area contributed by atoms with Gasteiger partial charge in [-0.2, -0.15) is 0 Å². The van der Waals surface area contributed by atoms with E-state index < -0.39 is 0 Å². The predicted octanol–water partition coefficient (Wildman–Crippen LogP) is 2.46. The number of allylic oxidation sites excluding steroid dienone is 2. The molecule has 0 aromatic heterocycles. The summed E-state index contributed by atoms with van der Waals surface area (Å²) in [7, 11) is 0. The molecule has 0 aliphatic heterocycles. The van der Waals surface area contributed by atoms with Crippen molar-refractivity contribution >= 4 is 23.4 Å². The number of carbonyl (C=O) groups is 2. The fraction of sp³-hybridized carbons (Fsp3) is 0.286. The maximum absolute atomic E-state index is 11.7. The normalized spacial score (nSPS) is 17.2. The van der Waals surface area contributed by atoms with Gasteiger partial charge in [0.25, 0.3) is 5.91 Å². The van der Waals surface area contributed by atoms with E-state index >= 15 is 0 Å². The van der Waals surface area contributed by atoms with Crippen molar-refractivity contribution in [1.29, 1.82) is 0 Å². The summed E-state index contributed by atoms with van der Waals surface area (Å²) in [5, 5.41) is 0.564. The van der Waals surface area contributed by atoms with Crippen molar-refractivity contribution in [3.8, 4) is 0 Å². The van der Waals surface area contributed by atoms with Gasteiger partial charge in [-0.15, -0.1) is 0 Å². The van der Waals surface area contributed by atoms with Crippen molar-refractivity contribution in [2.24, 2.45) is 5.92 Å². The van der Waals surface area contributed by atoms with Crippen LogP contribution in [0.5, 0.6) is 0 Å². The number of hydrogen-bond acceptors (Lipinski definition) is 2. The van der Waals surface area contributed by atoms with E-state index in [0.717, 1.165) is 12.8 Å². The van der Waals surface area contributed by atoms with Crippen LogP contribution in [-0.2, 0) is 4.79 Å². The Morgan fingerprint density at radius 2 is 1.95 bits per heavy atom. The Balaban J connectivity index is 1.78. The molecule has 1 aromatic carbocycles. The van der Waals surface area contributed by atoms with E-state index in [1.807, 2.05) is 6.08 Å². The molecular weight excluding hydrogens is 264 g/mol. The molecule has 2 N–H and O–H groups in total. The minimum atomic E-state index is -0.355. The van der Waals surface area contributed by atoms with Crippen LogP contribution in [0.4, 0.5) is 0 Å². The van der Waals surface area contributed by atoms with Gasteiger partial charge in [0.05, 0.1) is 0 Å². The van der Waals surface area contributed by atoms with Gasteiger partial charge in [0, 0.05) is 17.0 Å². The van der Waals surface area contributed by atoms with E-state index in [-0.39, 0.29) is 17.7 Å². The third-order valence-corrected chi connectivity index (χ3v) is 3.23. The van der Waals surface area contributed by atoms with Crippen LogP contribution in [0.25, 0.3) is 0 Å². The molecule has 1 atom stereocenters. The SMILES string of the molecule is O=C(CC1C=CCC1)NNC(=O)c1ccc(Cl)cc1. The molecule has 0 spiro atoms. The van der Waals surface area contributed by atoms with Crippen LogP contribution in [-0.4, -0.2) is 11.8 Å². The minimum Gasteiger partial charge on any atom is -0.273 e. The van der Waals surface area contributed by atoms with Gasteiger partial charge in [0.1, 0.15) is 0 Å². The highest BCUT2D eigenvalue weighted by atomic mass is 35.5. The largest absolute Gasteiger partial charge is 0.273 e. The molecule has 5 heteroatoms. The van der Waals surface area contributed by atoms with Crippen LogP contribution in [0.3, 0.4) is 0 Å². The van der Waals surface area contributed by atoms with E-state index in [0.29, 0.717) is 17.0 Å². The number of hydrogen-bond donors (Lipinski definition) is 2. The first-order valence-corrected chi connectivity index (χ1v) is 6.54. The quantitative estimate of drug-likeness (QED) is 0.659. The maximum atomic E-state index is 11.7. The first kappa shape index (κ1) is 13.6. The molecule has 19 heavy (non-hydrogen) atoms. The van der Waals surface area contributed by atoms with Crippen molar-refractivity contribution in [2.75, 3.05) is 0 Å². The van der Waals surface area contributed by atoms with E-state index in [4.69, 9.17) is 11.6 Å². The lowest BCUT2D eigenvalue weighted by molar-refractivity contribution is -0.122.